The first-order chi connectivity index (χ1) is 7.59. The van der Waals surface area contributed by atoms with E-state index in [-0.39, 0.29) is 12.5 Å². The van der Waals surface area contributed by atoms with Gasteiger partial charge in [0.05, 0.1) is 0 Å². The summed E-state index contributed by atoms with van der Waals surface area (Å²) < 4.78 is 0. The molecule has 0 aromatic heterocycles. The quantitative estimate of drug-likeness (QED) is 0.479. The van der Waals surface area contributed by atoms with E-state index >= 15 is 0 Å². The Morgan fingerprint density at radius 1 is 1.56 bits per heavy atom. The van der Waals surface area contributed by atoms with Crippen LogP contribution in [-0.4, -0.2) is 42.7 Å². The van der Waals surface area contributed by atoms with Gasteiger partial charge in [0.1, 0.15) is 6.04 Å². The number of piperidine rings is 1. The van der Waals surface area contributed by atoms with Gasteiger partial charge in [-0.3, -0.25) is 9.59 Å². The van der Waals surface area contributed by atoms with Gasteiger partial charge in [0.25, 0.3) is 0 Å². The first kappa shape index (κ1) is 12.9. The maximum absolute atomic E-state index is 11.5. The molecule has 92 valence electrons. The second-order valence-corrected chi connectivity index (χ2v) is 4.17. The van der Waals surface area contributed by atoms with Crippen molar-refractivity contribution in [2.45, 2.75) is 25.3 Å². The van der Waals surface area contributed by atoms with Crippen LogP contribution in [0.4, 0.5) is 0 Å². The van der Waals surface area contributed by atoms with Gasteiger partial charge in [-0.15, -0.1) is 0 Å². The smallest absolute Gasteiger partial charge is 0.322 e. The third kappa shape index (κ3) is 4.59. The fraction of sp³-hybridized carbons (Fsp3) is 0.800. The van der Waals surface area contributed by atoms with Crippen molar-refractivity contribution in [3.63, 3.8) is 0 Å². The lowest BCUT2D eigenvalue weighted by Gasteiger charge is -2.22. The van der Waals surface area contributed by atoms with Crippen molar-refractivity contribution in [1.29, 1.82) is 0 Å². The number of hydrogen-bond donors (Lipinski definition) is 4. The van der Waals surface area contributed by atoms with E-state index in [9.17, 15) is 9.59 Å². The van der Waals surface area contributed by atoms with Crippen LogP contribution in [0.5, 0.6) is 0 Å². The Morgan fingerprint density at radius 2 is 2.31 bits per heavy atom. The molecular weight excluding hydrogens is 210 g/mol. The lowest BCUT2D eigenvalue weighted by Crippen LogP contribution is -2.43. The summed E-state index contributed by atoms with van der Waals surface area (Å²) >= 11 is 0. The monoisotopic (exact) mass is 229 g/mol. The van der Waals surface area contributed by atoms with E-state index in [1.54, 1.807) is 0 Å². The predicted molar refractivity (Wildman–Crippen MR) is 58.8 cm³/mol. The molecule has 1 aliphatic rings. The van der Waals surface area contributed by atoms with Gasteiger partial charge in [0, 0.05) is 13.0 Å². The highest BCUT2D eigenvalue weighted by Crippen LogP contribution is 2.13. The lowest BCUT2D eigenvalue weighted by atomic mass is 9.96. The van der Waals surface area contributed by atoms with Gasteiger partial charge in [-0.1, -0.05) is 0 Å². The molecule has 0 bridgehead atoms. The van der Waals surface area contributed by atoms with Gasteiger partial charge >= 0.3 is 5.97 Å². The van der Waals surface area contributed by atoms with Crippen LogP contribution in [-0.2, 0) is 9.59 Å². The zero-order chi connectivity index (χ0) is 12.0. The molecule has 16 heavy (non-hydrogen) atoms. The minimum atomic E-state index is -1.10. The molecule has 1 heterocycles. The number of aliphatic carboxylic acids is 1. The molecule has 0 aromatic carbocycles. The van der Waals surface area contributed by atoms with Gasteiger partial charge in [0.2, 0.25) is 5.91 Å². The number of carbonyl (C=O) groups is 2. The second kappa shape index (κ2) is 6.44. The van der Waals surface area contributed by atoms with Crippen molar-refractivity contribution in [2.24, 2.45) is 11.7 Å². The van der Waals surface area contributed by atoms with Gasteiger partial charge in [-0.2, -0.15) is 0 Å². The number of carboxylic acid groups (broad SMARTS) is 1. The second-order valence-electron chi connectivity index (χ2n) is 4.17. The molecule has 0 aromatic rings. The topological polar surface area (TPSA) is 104 Å². The average molecular weight is 229 g/mol. The number of hydrogen-bond acceptors (Lipinski definition) is 4. The fourth-order valence-electron chi connectivity index (χ4n) is 1.74. The molecule has 0 radical (unpaired) electrons. The van der Waals surface area contributed by atoms with Crippen LogP contribution in [0.1, 0.15) is 19.3 Å². The third-order valence-corrected chi connectivity index (χ3v) is 2.71. The molecule has 0 spiro atoms. The fourth-order valence-corrected chi connectivity index (χ4v) is 1.74. The molecule has 1 rings (SSSR count). The van der Waals surface area contributed by atoms with Crippen molar-refractivity contribution >= 4 is 11.9 Å². The number of nitrogens with one attached hydrogen (secondary N) is 2. The average Bonchev–Trinajstić information content (AvgIpc) is 2.27. The summed E-state index contributed by atoms with van der Waals surface area (Å²) in [5, 5.41) is 14.3. The molecule has 1 saturated heterocycles. The number of nitrogens with two attached hydrogens (primary N) is 1. The van der Waals surface area contributed by atoms with Crippen LogP contribution in [0.25, 0.3) is 0 Å². The molecule has 0 saturated carbocycles. The van der Waals surface area contributed by atoms with E-state index < -0.39 is 12.0 Å². The van der Waals surface area contributed by atoms with Gasteiger partial charge in [0.15, 0.2) is 0 Å². The Bertz CT molecular complexity index is 252. The van der Waals surface area contributed by atoms with Crippen molar-refractivity contribution in [3.05, 3.63) is 0 Å². The van der Waals surface area contributed by atoms with E-state index in [2.05, 4.69) is 10.6 Å². The summed E-state index contributed by atoms with van der Waals surface area (Å²) in [6, 6.07) is -1.02. The van der Waals surface area contributed by atoms with Crippen molar-refractivity contribution < 1.29 is 14.7 Å². The Hall–Kier alpha value is -1.14. The van der Waals surface area contributed by atoms with E-state index in [1.807, 2.05) is 0 Å². The zero-order valence-electron chi connectivity index (χ0n) is 9.24. The summed E-state index contributed by atoms with van der Waals surface area (Å²) in [5.41, 5.74) is 5.27. The number of rotatable bonds is 5. The Balaban J connectivity index is 2.17. The first-order valence-corrected chi connectivity index (χ1v) is 5.55. The maximum atomic E-state index is 11.5. The Labute approximate surface area is 94.6 Å². The van der Waals surface area contributed by atoms with Gasteiger partial charge in [-0.05, 0) is 31.8 Å². The van der Waals surface area contributed by atoms with Crippen molar-refractivity contribution in [2.75, 3.05) is 19.6 Å². The van der Waals surface area contributed by atoms with E-state index in [1.165, 1.54) is 0 Å². The molecule has 2 atom stereocenters. The zero-order valence-corrected chi connectivity index (χ0v) is 9.24. The van der Waals surface area contributed by atoms with Crippen LogP contribution in [0.15, 0.2) is 0 Å². The number of carboxylic acids is 1. The molecule has 6 nitrogen and oxygen atoms in total. The molecular formula is C10H19N3O3. The molecule has 0 aliphatic carbocycles. The first-order valence-electron chi connectivity index (χ1n) is 5.55. The molecule has 1 aliphatic heterocycles. The van der Waals surface area contributed by atoms with Gasteiger partial charge in [-0.25, -0.2) is 0 Å². The largest absolute Gasteiger partial charge is 0.480 e. The van der Waals surface area contributed by atoms with Gasteiger partial charge < -0.3 is 21.5 Å². The Kier molecular flexibility index (Phi) is 5.21. The summed E-state index contributed by atoms with van der Waals surface area (Å²) in [6.45, 7) is 1.87. The number of amides is 1. The molecule has 1 amide bonds. The minimum absolute atomic E-state index is 0.00564. The van der Waals surface area contributed by atoms with E-state index in [0.717, 1.165) is 25.9 Å². The SMILES string of the molecule is N[C@@H](CNC(=O)CC1CCCNC1)C(=O)O. The summed E-state index contributed by atoms with van der Waals surface area (Å²) in [4.78, 5) is 21.9. The van der Waals surface area contributed by atoms with Crippen LogP contribution < -0.4 is 16.4 Å². The highest BCUT2D eigenvalue weighted by atomic mass is 16.4. The lowest BCUT2D eigenvalue weighted by molar-refractivity contribution is -0.138. The Morgan fingerprint density at radius 3 is 2.88 bits per heavy atom. The third-order valence-electron chi connectivity index (χ3n) is 2.71. The summed E-state index contributed by atoms with van der Waals surface area (Å²) in [7, 11) is 0. The predicted octanol–water partition coefficient (Wildman–Crippen LogP) is -1.10. The molecule has 1 unspecified atom stereocenters. The van der Waals surface area contributed by atoms with Crippen LogP contribution in [0.2, 0.25) is 0 Å². The van der Waals surface area contributed by atoms with Crippen molar-refractivity contribution in [1.82, 2.24) is 10.6 Å². The highest BCUT2D eigenvalue weighted by Gasteiger charge is 2.18. The summed E-state index contributed by atoms with van der Waals surface area (Å²) in [5.74, 6) is -0.861. The standard InChI is InChI=1S/C10H19N3O3/c11-8(10(15)16)6-13-9(14)4-7-2-1-3-12-5-7/h7-8,12H,1-6,11H2,(H,13,14)(H,15,16)/t7?,8-/m0/s1. The highest BCUT2D eigenvalue weighted by molar-refractivity contribution is 5.78. The summed E-state index contributed by atoms with van der Waals surface area (Å²) in [6.07, 6.45) is 2.58. The minimum Gasteiger partial charge on any atom is -0.480 e. The van der Waals surface area contributed by atoms with E-state index in [4.69, 9.17) is 10.8 Å². The normalized spacial score (nSPS) is 22.4. The van der Waals surface area contributed by atoms with Crippen LogP contribution in [0, 0.1) is 5.92 Å². The van der Waals surface area contributed by atoms with E-state index in [0.29, 0.717) is 12.3 Å². The number of carbonyl (C=O) groups excluding carboxylic acids is 1. The van der Waals surface area contributed by atoms with Crippen LogP contribution in [0.3, 0.4) is 0 Å². The van der Waals surface area contributed by atoms with Crippen LogP contribution >= 0.6 is 0 Å². The molecule has 5 N–H and O–H groups in total. The van der Waals surface area contributed by atoms with Crippen molar-refractivity contribution in [3.8, 4) is 0 Å². The molecule has 6 heteroatoms. The maximum Gasteiger partial charge on any atom is 0.322 e. The molecule has 1 fully saturated rings.